The fraction of sp³-hybridized carbons (Fsp3) is 0.167. The average Bonchev–Trinajstić information content (AvgIpc) is 3.18. The Morgan fingerprint density at radius 3 is 2.71 bits per heavy atom. The highest BCUT2D eigenvalue weighted by molar-refractivity contribution is 6.31. The number of hydrogen-bond acceptors (Lipinski definition) is 5. The lowest BCUT2D eigenvalue weighted by Crippen LogP contribution is -2.26. The molecule has 1 amide bonds. The van der Waals surface area contributed by atoms with Crippen molar-refractivity contribution in [2.24, 2.45) is 0 Å². The van der Waals surface area contributed by atoms with Crippen LogP contribution in [0, 0.1) is 6.92 Å². The molecule has 31 heavy (non-hydrogen) atoms. The van der Waals surface area contributed by atoms with Crippen molar-refractivity contribution in [3.63, 3.8) is 0 Å². The molecule has 3 N–H and O–H groups in total. The van der Waals surface area contributed by atoms with Crippen LogP contribution in [0.25, 0.3) is 33.6 Å². The molecule has 0 saturated carbocycles. The van der Waals surface area contributed by atoms with Crippen molar-refractivity contribution in [1.29, 1.82) is 0 Å². The minimum Gasteiger partial charge on any atom is -0.507 e. The Morgan fingerprint density at radius 2 is 1.94 bits per heavy atom. The number of furan rings is 1. The number of carbonyl (C=O) groups is 1. The number of nitrogens with zero attached hydrogens (tertiary/aromatic N) is 1. The van der Waals surface area contributed by atoms with Gasteiger partial charge in [0.05, 0.1) is 5.69 Å². The Labute approximate surface area is 184 Å². The molecular weight excluding hydrogens is 414 g/mol. The van der Waals surface area contributed by atoms with E-state index in [1.807, 2.05) is 49.4 Å². The number of anilines is 1. The Kier molecular flexibility index (Phi) is 5.82. The molecule has 0 unspecified atom stereocenters. The number of hydrogen-bond donors (Lipinski definition) is 3. The van der Waals surface area contributed by atoms with Gasteiger partial charge in [0, 0.05) is 41.5 Å². The number of benzene rings is 2. The molecule has 0 fully saturated rings. The Hall–Kier alpha value is -3.51. The summed E-state index contributed by atoms with van der Waals surface area (Å²) in [5, 5.41) is 18.0. The van der Waals surface area contributed by atoms with E-state index >= 15 is 0 Å². The van der Waals surface area contributed by atoms with Gasteiger partial charge in [0.25, 0.3) is 0 Å². The van der Waals surface area contributed by atoms with E-state index in [9.17, 15) is 9.90 Å². The van der Waals surface area contributed by atoms with Gasteiger partial charge in [-0.15, -0.1) is 0 Å². The number of rotatable bonds is 6. The molecule has 7 heteroatoms. The van der Waals surface area contributed by atoms with Gasteiger partial charge in [0.1, 0.15) is 22.9 Å². The van der Waals surface area contributed by atoms with Gasteiger partial charge in [0.2, 0.25) is 5.91 Å². The molecule has 2 aromatic heterocycles. The lowest BCUT2D eigenvalue weighted by molar-refractivity contribution is -0.118. The van der Waals surface area contributed by atoms with Crippen LogP contribution >= 0.6 is 11.6 Å². The van der Waals surface area contributed by atoms with Gasteiger partial charge in [-0.2, -0.15) is 0 Å². The molecule has 6 nitrogen and oxygen atoms in total. The molecule has 0 aliphatic heterocycles. The SMILES string of the molecule is CC(=O)NCCNc1cc(-c2cc3ccccc3o2)cc(-c2cc(Cl)c(C)cc2O)n1. The van der Waals surface area contributed by atoms with Gasteiger partial charge in [0.15, 0.2) is 0 Å². The molecule has 4 rings (SSSR count). The number of phenols is 1. The first-order valence-corrected chi connectivity index (χ1v) is 10.3. The Balaban J connectivity index is 1.77. The van der Waals surface area contributed by atoms with E-state index in [1.54, 1.807) is 12.1 Å². The number of pyridine rings is 1. The van der Waals surface area contributed by atoms with Gasteiger partial charge < -0.3 is 20.2 Å². The molecule has 0 bridgehead atoms. The van der Waals surface area contributed by atoms with Gasteiger partial charge in [-0.1, -0.05) is 29.8 Å². The highest BCUT2D eigenvalue weighted by Crippen LogP contribution is 2.37. The van der Waals surface area contributed by atoms with E-state index in [0.717, 1.165) is 22.1 Å². The van der Waals surface area contributed by atoms with Crippen LogP contribution in [0.2, 0.25) is 5.02 Å². The second kappa shape index (κ2) is 8.70. The number of aromatic nitrogens is 1. The van der Waals surface area contributed by atoms with E-state index in [0.29, 0.717) is 40.9 Å². The maximum absolute atomic E-state index is 11.1. The van der Waals surface area contributed by atoms with Crippen LogP contribution in [-0.2, 0) is 4.79 Å². The summed E-state index contributed by atoms with van der Waals surface area (Å²) in [6, 6.07) is 16.8. The van der Waals surface area contributed by atoms with Gasteiger partial charge in [-0.3, -0.25) is 4.79 Å². The third-order valence-corrected chi connectivity index (χ3v) is 5.30. The van der Waals surface area contributed by atoms with Crippen LogP contribution in [-0.4, -0.2) is 29.1 Å². The maximum atomic E-state index is 11.1. The largest absolute Gasteiger partial charge is 0.507 e. The number of para-hydroxylation sites is 1. The molecule has 0 aliphatic carbocycles. The minimum absolute atomic E-state index is 0.0919. The summed E-state index contributed by atoms with van der Waals surface area (Å²) >= 11 is 6.30. The lowest BCUT2D eigenvalue weighted by Gasteiger charge is -2.12. The van der Waals surface area contributed by atoms with Crippen molar-refractivity contribution in [1.82, 2.24) is 10.3 Å². The number of carbonyl (C=O) groups excluding carboxylic acids is 1. The van der Waals surface area contributed by atoms with Crippen molar-refractivity contribution in [3.8, 4) is 28.3 Å². The summed E-state index contributed by atoms with van der Waals surface area (Å²) in [5.41, 5.74) is 3.46. The van der Waals surface area contributed by atoms with Crippen LogP contribution in [0.15, 0.2) is 59.0 Å². The topological polar surface area (TPSA) is 87.4 Å². The molecule has 0 atom stereocenters. The monoisotopic (exact) mass is 435 g/mol. The van der Waals surface area contributed by atoms with Gasteiger partial charge in [-0.05, 0) is 48.9 Å². The standard InChI is InChI=1S/C24H22ClN3O3/c1-14-9-21(30)18(13-19(14)25)20-10-17(12-24(28-20)27-8-7-26-15(2)29)23-11-16-5-3-4-6-22(16)31-23/h3-6,9-13,30H,7-8H2,1-2H3,(H,26,29)(H,27,28). The van der Waals surface area contributed by atoms with E-state index in [2.05, 4.69) is 15.6 Å². The number of nitrogens with one attached hydrogen (secondary N) is 2. The van der Waals surface area contributed by atoms with Crippen molar-refractivity contribution in [2.45, 2.75) is 13.8 Å². The summed E-state index contributed by atoms with van der Waals surface area (Å²) in [6.07, 6.45) is 0. The number of aromatic hydroxyl groups is 1. The molecule has 2 heterocycles. The minimum atomic E-state index is -0.0919. The van der Waals surface area contributed by atoms with E-state index in [-0.39, 0.29) is 11.7 Å². The fourth-order valence-electron chi connectivity index (χ4n) is 3.33. The highest BCUT2D eigenvalue weighted by Gasteiger charge is 2.14. The molecule has 0 saturated heterocycles. The zero-order chi connectivity index (χ0) is 22.0. The quantitative estimate of drug-likeness (QED) is 0.354. The second-order valence-electron chi connectivity index (χ2n) is 7.30. The van der Waals surface area contributed by atoms with Gasteiger partial charge >= 0.3 is 0 Å². The van der Waals surface area contributed by atoms with Crippen molar-refractivity contribution in [3.05, 3.63) is 65.2 Å². The van der Waals surface area contributed by atoms with Crippen molar-refractivity contribution >= 4 is 34.3 Å². The first kappa shape index (κ1) is 20.8. The van der Waals surface area contributed by atoms with Gasteiger partial charge in [-0.25, -0.2) is 4.98 Å². The predicted molar refractivity (Wildman–Crippen MR) is 123 cm³/mol. The summed E-state index contributed by atoms with van der Waals surface area (Å²) in [4.78, 5) is 15.8. The van der Waals surface area contributed by atoms with E-state index < -0.39 is 0 Å². The normalized spacial score (nSPS) is 10.9. The number of fused-ring (bicyclic) bond motifs is 1. The summed E-state index contributed by atoms with van der Waals surface area (Å²) in [5.74, 6) is 1.29. The van der Waals surface area contributed by atoms with E-state index in [1.165, 1.54) is 6.92 Å². The lowest BCUT2D eigenvalue weighted by atomic mass is 10.0. The van der Waals surface area contributed by atoms with Crippen molar-refractivity contribution < 1.29 is 14.3 Å². The Bertz CT molecular complexity index is 1230. The molecule has 0 aliphatic rings. The maximum Gasteiger partial charge on any atom is 0.216 e. The first-order valence-electron chi connectivity index (χ1n) is 9.89. The van der Waals surface area contributed by atoms with Crippen LogP contribution in [0.4, 0.5) is 5.82 Å². The van der Waals surface area contributed by atoms with Crippen LogP contribution < -0.4 is 10.6 Å². The summed E-state index contributed by atoms with van der Waals surface area (Å²) in [6.45, 7) is 4.26. The third-order valence-electron chi connectivity index (χ3n) is 4.89. The fourth-order valence-corrected chi connectivity index (χ4v) is 3.49. The predicted octanol–water partition coefficient (Wildman–Crippen LogP) is 5.38. The smallest absolute Gasteiger partial charge is 0.216 e. The molecule has 2 aromatic carbocycles. The molecule has 4 aromatic rings. The Morgan fingerprint density at radius 1 is 1.13 bits per heavy atom. The number of aryl methyl sites for hydroxylation is 1. The van der Waals surface area contributed by atoms with Crippen LogP contribution in [0.5, 0.6) is 5.75 Å². The summed E-state index contributed by atoms with van der Waals surface area (Å²) < 4.78 is 6.03. The van der Waals surface area contributed by atoms with Crippen LogP contribution in [0.1, 0.15) is 12.5 Å². The number of phenolic OH excluding ortho intramolecular Hbond substituents is 1. The van der Waals surface area contributed by atoms with E-state index in [4.69, 9.17) is 16.0 Å². The number of halogens is 1. The molecule has 0 radical (unpaired) electrons. The first-order chi connectivity index (χ1) is 14.9. The molecule has 0 spiro atoms. The zero-order valence-corrected chi connectivity index (χ0v) is 18.0. The summed E-state index contributed by atoms with van der Waals surface area (Å²) in [7, 11) is 0. The van der Waals surface area contributed by atoms with Crippen molar-refractivity contribution in [2.75, 3.05) is 18.4 Å². The zero-order valence-electron chi connectivity index (χ0n) is 17.2. The number of amides is 1. The highest BCUT2D eigenvalue weighted by atomic mass is 35.5. The molecular formula is C24H22ClN3O3. The third kappa shape index (κ3) is 4.64. The van der Waals surface area contributed by atoms with Crippen LogP contribution in [0.3, 0.4) is 0 Å². The second-order valence-corrected chi connectivity index (χ2v) is 7.71. The molecule has 158 valence electrons. The average molecular weight is 436 g/mol.